The lowest BCUT2D eigenvalue weighted by atomic mass is 10.1. The second kappa shape index (κ2) is 6.83. The summed E-state index contributed by atoms with van der Waals surface area (Å²) in [4.78, 5) is 8.96. The molecule has 1 aliphatic rings. The summed E-state index contributed by atoms with van der Waals surface area (Å²) in [6.07, 6.45) is 2.29. The van der Waals surface area contributed by atoms with E-state index in [9.17, 15) is 0 Å². The van der Waals surface area contributed by atoms with E-state index in [1.807, 2.05) is 18.2 Å². The van der Waals surface area contributed by atoms with Crippen molar-refractivity contribution >= 4 is 21.6 Å². The van der Waals surface area contributed by atoms with Gasteiger partial charge in [0.25, 0.3) is 0 Å². The molecular formula is C20H20N6S. The third-order valence-electron chi connectivity index (χ3n) is 5.03. The quantitative estimate of drug-likeness (QED) is 0.538. The zero-order valence-electron chi connectivity index (χ0n) is 15.1. The second-order valence-corrected chi connectivity index (χ2v) is 8.05. The number of likely N-dealkylation sites (tertiary alicyclic amines) is 1. The van der Waals surface area contributed by atoms with Crippen LogP contribution in [0.2, 0.25) is 0 Å². The first-order valence-electron chi connectivity index (χ1n) is 9.21. The SMILES string of the molecule is Cc1ccc(-c2nnn(CN3CCCC3c3nc4ccccc4s3)n2)cc1. The van der Waals surface area contributed by atoms with Crippen LogP contribution in [0.5, 0.6) is 0 Å². The molecular weight excluding hydrogens is 356 g/mol. The van der Waals surface area contributed by atoms with Crippen LogP contribution in [0.1, 0.15) is 29.5 Å². The molecule has 7 heteroatoms. The minimum absolute atomic E-state index is 0.330. The number of thiazole rings is 1. The summed E-state index contributed by atoms with van der Waals surface area (Å²) in [7, 11) is 0. The summed E-state index contributed by atoms with van der Waals surface area (Å²) in [6.45, 7) is 3.74. The fraction of sp³-hybridized carbons (Fsp3) is 0.300. The molecule has 4 aromatic rings. The maximum atomic E-state index is 4.86. The Labute approximate surface area is 161 Å². The summed E-state index contributed by atoms with van der Waals surface area (Å²) in [6, 6.07) is 16.9. The Morgan fingerprint density at radius 1 is 1.11 bits per heavy atom. The molecule has 0 saturated carbocycles. The first kappa shape index (κ1) is 16.5. The van der Waals surface area contributed by atoms with E-state index in [1.165, 1.54) is 21.7 Å². The Morgan fingerprint density at radius 2 is 1.96 bits per heavy atom. The van der Waals surface area contributed by atoms with E-state index in [1.54, 1.807) is 16.1 Å². The molecule has 2 aromatic heterocycles. The van der Waals surface area contributed by atoms with Gasteiger partial charge in [-0.2, -0.15) is 0 Å². The predicted molar refractivity (Wildman–Crippen MR) is 106 cm³/mol. The molecule has 6 nitrogen and oxygen atoms in total. The van der Waals surface area contributed by atoms with Crippen LogP contribution >= 0.6 is 11.3 Å². The fourth-order valence-electron chi connectivity index (χ4n) is 3.59. The van der Waals surface area contributed by atoms with Crippen LogP contribution in [0.15, 0.2) is 48.5 Å². The smallest absolute Gasteiger partial charge is 0.204 e. The minimum atomic E-state index is 0.330. The number of para-hydroxylation sites is 1. The first-order valence-corrected chi connectivity index (χ1v) is 10.0. The van der Waals surface area contributed by atoms with Crippen LogP contribution in [-0.4, -0.2) is 36.6 Å². The first-order chi connectivity index (χ1) is 13.3. The summed E-state index contributed by atoms with van der Waals surface area (Å²) in [5, 5.41) is 14.3. The average Bonchev–Trinajstić information content (AvgIpc) is 3.41. The van der Waals surface area contributed by atoms with Gasteiger partial charge in [0.2, 0.25) is 5.82 Å². The topological polar surface area (TPSA) is 59.7 Å². The molecule has 27 heavy (non-hydrogen) atoms. The van der Waals surface area contributed by atoms with Crippen molar-refractivity contribution in [2.75, 3.05) is 6.54 Å². The van der Waals surface area contributed by atoms with Crippen molar-refractivity contribution in [1.82, 2.24) is 30.1 Å². The second-order valence-electron chi connectivity index (χ2n) is 6.98. The van der Waals surface area contributed by atoms with E-state index in [0.717, 1.165) is 24.0 Å². The number of fused-ring (bicyclic) bond motifs is 1. The molecule has 0 amide bonds. The van der Waals surface area contributed by atoms with Crippen LogP contribution in [0, 0.1) is 6.92 Å². The minimum Gasteiger partial charge on any atom is -0.273 e. The highest BCUT2D eigenvalue weighted by molar-refractivity contribution is 7.18. The lowest BCUT2D eigenvalue weighted by Crippen LogP contribution is -2.27. The van der Waals surface area contributed by atoms with Crippen LogP contribution < -0.4 is 0 Å². The molecule has 2 aromatic carbocycles. The molecule has 1 atom stereocenters. The Kier molecular flexibility index (Phi) is 4.18. The van der Waals surface area contributed by atoms with E-state index in [2.05, 4.69) is 57.6 Å². The van der Waals surface area contributed by atoms with E-state index in [4.69, 9.17) is 4.98 Å². The molecule has 0 N–H and O–H groups in total. The highest BCUT2D eigenvalue weighted by atomic mass is 32.1. The molecule has 136 valence electrons. The Hall–Kier alpha value is -2.64. The summed E-state index contributed by atoms with van der Waals surface area (Å²) in [5.41, 5.74) is 3.31. The Balaban J connectivity index is 1.36. The summed E-state index contributed by atoms with van der Waals surface area (Å²) >= 11 is 1.79. The van der Waals surface area contributed by atoms with Crippen molar-refractivity contribution in [2.24, 2.45) is 0 Å². The maximum absolute atomic E-state index is 4.86. The standard InChI is InChI=1S/C20H20N6S/c1-14-8-10-15(11-9-14)19-22-24-26(23-19)13-25-12-4-6-17(25)20-21-16-5-2-3-7-18(16)27-20/h2-3,5,7-11,17H,4,6,12-13H2,1H3. The number of nitrogens with zero attached hydrogens (tertiary/aromatic N) is 6. The van der Waals surface area contributed by atoms with Gasteiger partial charge in [0, 0.05) is 12.1 Å². The van der Waals surface area contributed by atoms with Crippen LogP contribution in [0.25, 0.3) is 21.6 Å². The Morgan fingerprint density at radius 3 is 2.81 bits per heavy atom. The molecule has 0 bridgehead atoms. The monoisotopic (exact) mass is 376 g/mol. The van der Waals surface area contributed by atoms with Crippen LogP contribution in [0.4, 0.5) is 0 Å². The molecule has 3 heterocycles. The van der Waals surface area contributed by atoms with Gasteiger partial charge >= 0.3 is 0 Å². The van der Waals surface area contributed by atoms with Gasteiger partial charge in [-0.15, -0.1) is 26.3 Å². The van der Waals surface area contributed by atoms with Gasteiger partial charge in [0.1, 0.15) is 11.7 Å². The number of rotatable bonds is 4. The zero-order chi connectivity index (χ0) is 18.2. The molecule has 0 aliphatic carbocycles. The van der Waals surface area contributed by atoms with Crippen molar-refractivity contribution in [3.8, 4) is 11.4 Å². The summed E-state index contributed by atoms with van der Waals surface area (Å²) < 4.78 is 1.25. The third kappa shape index (κ3) is 3.24. The van der Waals surface area contributed by atoms with Gasteiger partial charge in [-0.1, -0.05) is 42.0 Å². The van der Waals surface area contributed by atoms with Gasteiger partial charge in [0.15, 0.2) is 0 Å². The molecule has 0 radical (unpaired) electrons. The average molecular weight is 376 g/mol. The van der Waals surface area contributed by atoms with Crippen molar-refractivity contribution in [1.29, 1.82) is 0 Å². The van der Waals surface area contributed by atoms with Gasteiger partial charge in [-0.3, -0.25) is 4.90 Å². The number of hydrogen-bond donors (Lipinski definition) is 0. The predicted octanol–water partition coefficient (Wildman–Crippen LogP) is 4.05. The van der Waals surface area contributed by atoms with Gasteiger partial charge < -0.3 is 0 Å². The molecule has 1 unspecified atom stereocenters. The van der Waals surface area contributed by atoms with Crippen LogP contribution in [0.3, 0.4) is 0 Å². The molecule has 5 rings (SSSR count). The third-order valence-corrected chi connectivity index (χ3v) is 6.17. The number of benzene rings is 2. The van der Waals surface area contributed by atoms with Gasteiger partial charge in [-0.05, 0) is 37.1 Å². The fourth-order valence-corrected chi connectivity index (χ4v) is 4.73. The van der Waals surface area contributed by atoms with Crippen molar-refractivity contribution in [3.63, 3.8) is 0 Å². The van der Waals surface area contributed by atoms with E-state index in [-0.39, 0.29) is 0 Å². The van der Waals surface area contributed by atoms with Crippen molar-refractivity contribution in [3.05, 3.63) is 59.1 Å². The van der Waals surface area contributed by atoms with Crippen molar-refractivity contribution < 1.29 is 0 Å². The van der Waals surface area contributed by atoms with E-state index >= 15 is 0 Å². The van der Waals surface area contributed by atoms with Gasteiger partial charge in [0.05, 0.1) is 16.3 Å². The number of aromatic nitrogens is 5. The highest BCUT2D eigenvalue weighted by Crippen LogP contribution is 2.36. The molecule has 1 fully saturated rings. The maximum Gasteiger partial charge on any atom is 0.204 e. The number of tetrazole rings is 1. The Bertz CT molecular complexity index is 1030. The lowest BCUT2D eigenvalue weighted by molar-refractivity contribution is 0.177. The van der Waals surface area contributed by atoms with Crippen LogP contribution in [-0.2, 0) is 6.67 Å². The summed E-state index contributed by atoms with van der Waals surface area (Å²) in [5.74, 6) is 0.672. The zero-order valence-corrected chi connectivity index (χ0v) is 15.9. The molecule has 1 aliphatic heterocycles. The lowest BCUT2D eigenvalue weighted by Gasteiger charge is -2.21. The largest absolute Gasteiger partial charge is 0.273 e. The van der Waals surface area contributed by atoms with E-state index in [0.29, 0.717) is 18.5 Å². The van der Waals surface area contributed by atoms with Gasteiger partial charge in [-0.25, -0.2) is 4.98 Å². The molecule has 1 saturated heterocycles. The number of aryl methyl sites for hydroxylation is 1. The normalized spacial score (nSPS) is 17.7. The molecule has 0 spiro atoms. The number of hydrogen-bond acceptors (Lipinski definition) is 6. The highest BCUT2D eigenvalue weighted by Gasteiger charge is 2.29. The van der Waals surface area contributed by atoms with E-state index < -0.39 is 0 Å². The van der Waals surface area contributed by atoms with Crippen molar-refractivity contribution in [2.45, 2.75) is 32.5 Å².